The lowest BCUT2D eigenvalue weighted by atomic mass is 9.82. The molecule has 4 aliphatic rings. The summed E-state index contributed by atoms with van der Waals surface area (Å²) in [6.45, 7) is 0.626. The number of fused-ring (bicyclic) bond motifs is 2. The number of aliphatic imine (C=N–C) groups is 1. The molecule has 0 aromatic rings. The number of guanidine groups is 1. The van der Waals surface area contributed by atoms with E-state index in [4.69, 9.17) is 4.99 Å². The van der Waals surface area contributed by atoms with Gasteiger partial charge in [-0.15, -0.1) is 0 Å². The predicted molar refractivity (Wildman–Crippen MR) is 110 cm³/mol. The van der Waals surface area contributed by atoms with Crippen LogP contribution in [0.5, 0.6) is 0 Å². The Hall–Kier alpha value is -0.820. The third-order valence-corrected chi connectivity index (χ3v) is 9.05. The van der Waals surface area contributed by atoms with Gasteiger partial charge in [0.2, 0.25) is 0 Å². The molecular weight excluding hydrogens is 360 g/mol. The highest BCUT2D eigenvalue weighted by atomic mass is 32.2. The third kappa shape index (κ3) is 4.97. The van der Waals surface area contributed by atoms with Gasteiger partial charge in [0.15, 0.2) is 15.8 Å². The van der Waals surface area contributed by atoms with Crippen LogP contribution in [0.25, 0.3) is 0 Å². The monoisotopic (exact) mass is 396 g/mol. The Bertz CT molecular complexity index is 630. The average Bonchev–Trinajstić information content (AvgIpc) is 3.23. The summed E-state index contributed by atoms with van der Waals surface area (Å²) in [7, 11) is -0.536. The Morgan fingerprint density at radius 2 is 1.63 bits per heavy atom. The van der Waals surface area contributed by atoms with Crippen molar-refractivity contribution in [2.45, 2.75) is 88.4 Å². The number of hydrogen-bond donors (Lipinski definition) is 2. The molecule has 3 unspecified atom stereocenters. The summed E-state index contributed by atoms with van der Waals surface area (Å²) in [4.78, 5) is 7.45. The Kier molecular flexibility index (Phi) is 5.97. The first-order valence-corrected chi connectivity index (χ1v) is 12.8. The minimum atomic E-state index is -2.83. The molecule has 0 aromatic heterocycles. The van der Waals surface area contributed by atoms with Gasteiger partial charge in [-0.05, 0) is 57.9 Å². The van der Waals surface area contributed by atoms with Crippen LogP contribution in [0.2, 0.25) is 0 Å². The SMILES string of the molecule is CN1C2CCCC1CC(NC(=NCC1CCS(=O)(=O)C1)NC1CCCC1)C2. The van der Waals surface area contributed by atoms with Crippen molar-refractivity contribution in [3.05, 3.63) is 0 Å². The summed E-state index contributed by atoms with van der Waals surface area (Å²) < 4.78 is 23.5. The maximum Gasteiger partial charge on any atom is 0.191 e. The van der Waals surface area contributed by atoms with Gasteiger partial charge in [0.1, 0.15) is 0 Å². The molecule has 0 spiro atoms. The average molecular weight is 397 g/mol. The van der Waals surface area contributed by atoms with Gasteiger partial charge in [-0.2, -0.15) is 0 Å². The summed E-state index contributed by atoms with van der Waals surface area (Å²) in [5.74, 6) is 1.77. The molecule has 4 rings (SSSR count). The van der Waals surface area contributed by atoms with Crippen molar-refractivity contribution >= 4 is 15.8 Å². The lowest BCUT2D eigenvalue weighted by Crippen LogP contribution is -2.57. The van der Waals surface area contributed by atoms with Gasteiger partial charge in [-0.3, -0.25) is 4.99 Å². The van der Waals surface area contributed by atoms with E-state index in [2.05, 4.69) is 22.6 Å². The Labute approximate surface area is 164 Å². The summed E-state index contributed by atoms with van der Waals surface area (Å²) in [6.07, 6.45) is 12.2. The van der Waals surface area contributed by atoms with Crippen LogP contribution in [0.15, 0.2) is 4.99 Å². The zero-order valence-corrected chi connectivity index (χ0v) is 17.5. The van der Waals surface area contributed by atoms with Gasteiger partial charge in [0.25, 0.3) is 0 Å². The van der Waals surface area contributed by atoms with E-state index >= 15 is 0 Å². The number of nitrogens with zero attached hydrogens (tertiary/aromatic N) is 2. The molecule has 0 aromatic carbocycles. The molecule has 2 bridgehead atoms. The lowest BCUT2D eigenvalue weighted by Gasteiger charge is -2.47. The lowest BCUT2D eigenvalue weighted by molar-refractivity contribution is 0.0526. The topological polar surface area (TPSA) is 73.8 Å². The van der Waals surface area contributed by atoms with Gasteiger partial charge in [-0.1, -0.05) is 19.3 Å². The van der Waals surface area contributed by atoms with Crippen LogP contribution in [0, 0.1) is 5.92 Å². The minimum absolute atomic E-state index is 0.189. The van der Waals surface area contributed by atoms with Crippen molar-refractivity contribution in [2.24, 2.45) is 10.9 Å². The van der Waals surface area contributed by atoms with E-state index in [1.54, 1.807) is 0 Å². The molecule has 7 heteroatoms. The van der Waals surface area contributed by atoms with Crippen LogP contribution in [-0.4, -0.2) is 68.5 Å². The number of nitrogens with one attached hydrogen (secondary N) is 2. The van der Waals surface area contributed by atoms with Crippen LogP contribution in [0.4, 0.5) is 0 Å². The molecular formula is C20H36N4O2S. The molecule has 154 valence electrons. The van der Waals surface area contributed by atoms with Crippen molar-refractivity contribution < 1.29 is 8.42 Å². The Morgan fingerprint density at radius 3 is 2.26 bits per heavy atom. The van der Waals surface area contributed by atoms with E-state index in [1.165, 1.54) is 57.8 Å². The Balaban J connectivity index is 1.39. The van der Waals surface area contributed by atoms with Gasteiger partial charge in [0.05, 0.1) is 11.5 Å². The largest absolute Gasteiger partial charge is 0.354 e. The van der Waals surface area contributed by atoms with Gasteiger partial charge < -0.3 is 15.5 Å². The smallest absolute Gasteiger partial charge is 0.191 e. The first-order valence-electron chi connectivity index (χ1n) is 11.0. The standard InChI is InChI=1S/C20H36N4O2S/c1-24-18-7-4-8-19(24)12-17(11-18)23-20(22-16-5-2-3-6-16)21-13-15-9-10-27(25,26)14-15/h15-19H,2-14H2,1H3,(H2,21,22,23). The van der Waals surface area contributed by atoms with Crippen molar-refractivity contribution in [1.29, 1.82) is 0 Å². The normalized spacial score (nSPS) is 37.4. The van der Waals surface area contributed by atoms with Crippen molar-refractivity contribution in [1.82, 2.24) is 15.5 Å². The van der Waals surface area contributed by atoms with Gasteiger partial charge in [-0.25, -0.2) is 8.42 Å². The van der Waals surface area contributed by atoms with Gasteiger partial charge in [0, 0.05) is 30.7 Å². The number of hydrogen-bond acceptors (Lipinski definition) is 4. The zero-order chi connectivity index (χ0) is 18.9. The second-order valence-electron chi connectivity index (χ2n) is 9.30. The molecule has 1 aliphatic carbocycles. The molecule has 3 heterocycles. The second kappa shape index (κ2) is 8.27. The fraction of sp³-hybridized carbons (Fsp3) is 0.950. The molecule has 6 nitrogen and oxygen atoms in total. The van der Waals surface area contributed by atoms with Crippen LogP contribution < -0.4 is 10.6 Å². The summed E-state index contributed by atoms with van der Waals surface area (Å²) >= 11 is 0. The molecule has 3 atom stereocenters. The number of rotatable bonds is 4. The van der Waals surface area contributed by atoms with E-state index < -0.39 is 9.84 Å². The van der Waals surface area contributed by atoms with Gasteiger partial charge >= 0.3 is 0 Å². The molecule has 3 aliphatic heterocycles. The van der Waals surface area contributed by atoms with Crippen LogP contribution in [0.1, 0.15) is 64.2 Å². The zero-order valence-electron chi connectivity index (χ0n) is 16.7. The summed E-state index contributed by atoms with van der Waals surface area (Å²) in [5, 5.41) is 7.40. The fourth-order valence-corrected chi connectivity index (χ4v) is 7.41. The molecule has 27 heavy (non-hydrogen) atoms. The van der Waals surface area contributed by atoms with E-state index in [0.29, 0.717) is 42.2 Å². The minimum Gasteiger partial charge on any atom is -0.354 e. The predicted octanol–water partition coefficient (Wildman–Crippen LogP) is 1.91. The van der Waals surface area contributed by atoms with Crippen molar-refractivity contribution in [3.63, 3.8) is 0 Å². The highest BCUT2D eigenvalue weighted by molar-refractivity contribution is 7.91. The van der Waals surface area contributed by atoms with E-state index in [9.17, 15) is 8.42 Å². The maximum absolute atomic E-state index is 11.7. The highest BCUT2D eigenvalue weighted by Crippen LogP contribution is 2.32. The van der Waals surface area contributed by atoms with E-state index in [-0.39, 0.29) is 5.92 Å². The summed E-state index contributed by atoms with van der Waals surface area (Å²) in [5.41, 5.74) is 0. The molecule has 2 N–H and O–H groups in total. The van der Waals surface area contributed by atoms with Crippen LogP contribution >= 0.6 is 0 Å². The van der Waals surface area contributed by atoms with Crippen LogP contribution in [0.3, 0.4) is 0 Å². The molecule has 0 radical (unpaired) electrons. The summed E-state index contributed by atoms with van der Waals surface area (Å²) in [6, 6.07) is 2.40. The number of piperidine rings is 2. The highest BCUT2D eigenvalue weighted by Gasteiger charge is 2.36. The molecule has 3 saturated heterocycles. The first kappa shape index (κ1) is 19.5. The van der Waals surface area contributed by atoms with E-state index in [1.807, 2.05) is 0 Å². The third-order valence-electron chi connectivity index (χ3n) is 7.21. The first-order chi connectivity index (χ1) is 13.0. The fourth-order valence-electron chi connectivity index (χ4n) is 5.56. The van der Waals surface area contributed by atoms with Crippen molar-refractivity contribution in [2.75, 3.05) is 25.1 Å². The quantitative estimate of drug-likeness (QED) is 0.561. The Morgan fingerprint density at radius 1 is 0.963 bits per heavy atom. The van der Waals surface area contributed by atoms with E-state index in [0.717, 1.165) is 12.4 Å². The van der Waals surface area contributed by atoms with Crippen molar-refractivity contribution in [3.8, 4) is 0 Å². The molecule has 0 amide bonds. The van der Waals surface area contributed by atoms with Crippen LogP contribution in [-0.2, 0) is 9.84 Å². The second-order valence-corrected chi connectivity index (χ2v) is 11.5. The maximum atomic E-state index is 11.7. The number of sulfone groups is 1. The molecule has 4 fully saturated rings. The molecule has 1 saturated carbocycles.